The number of anilines is 1. The van der Waals surface area contributed by atoms with E-state index in [1.54, 1.807) is 35.6 Å². The maximum atomic E-state index is 12.6. The molecule has 0 radical (unpaired) electrons. The Balaban J connectivity index is 1.53. The molecule has 0 aliphatic carbocycles. The number of hydrogen-bond acceptors (Lipinski definition) is 4. The van der Waals surface area contributed by atoms with Crippen LogP contribution in [0.15, 0.2) is 66.0 Å². The molecule has 1 N–H and O–H groups in total. The number of fused-ring (bicyclic) bond motifs is 1. The zero-order valence-electron chi connectivity index (χ0n) is 14.8. The second-order valence-electron chi connectivity index (χ2n) is 6.57. The van der Waals surface area contributed by atoms with Crippen molar-refractivity contribution in [1.82, 2.24) is 4.90 Å². The van der Waals surface area contributed by atoms with Gasteiger partial charge in [-0.15, -0.1) is 11.3 Å². The van der Waals surface area contributed by atoms with Gasteiger partial charge >= 0.3 is 0 Å². The molecule has 0 spiro atoms. The standard InChI is InChI=1S/C22H19N3OS/c23-14-16-6-8-18(9-7-16)24-21(26)15-25-12-10-20-19(11-13-27-20)22(25)17-4-2-1-3-5-17/h1-9,11,13,22H,10,12,15H2,(H,24,26)/t22-/m0/s1. The van der Waals surface area contributed by atoms with Gasteiger partial charge in [0, 0.05) is 17.1 Å². The van der Waals surface area contributed by atoms with Gasteiger partial charge in [-0.05, 0) is 53.3 Å². The zero-order chi connectivity index (χ0) is 18.6. The highest BCUT2D eigenvalue weighted by molar-refractivity contribution is 7.10. The Hall–Kier alpha value is -2.94. The molecule has 4 nitrogen and oxygen atoms in total. The number of benzene rings is 2. The van der Waals surface area contributed by atoms with E-state index >= 15 is 0 Å². The van der Waals surface area contributed by atoms with Crippen molar-refractivity contribution in [2.75, 3.05) is 18.4 Å². The van der Waals surface area contributed by atoms with Crippen LogP contribution in [0.25, 0.3) is 0 Å². The fourth-order valence-electron chi connectivity index (χ4n) is 3.58. The summed E-state index contributed by atoms with van der Waals surface area (Å²) in [5.74, 6) is -0.0423. The number of carbonyl (C=O) groups is 1. The van der Waals surface area contributed by atoms with Crippen LogP contribution in [-0.4, -0.2) is 23.9 Å². The normalized spacial score (nSPS) is 16.3. The minimum atomic E-state index is -0.0423. The number of thiophene rings is 1. The van der Waals surface area contributed by atoms with Gasteiger partial charge in [0.2, 0.25) is 5.91 Å². The van der Waals surface area contributed by atoms with E-state index in [4.69, 9.17) is 5.26 Å². The Morgan fingerprint density at radius 3 is 2.67 bits per heavy atom. The third-order valence-electron chi connectivity index (χ3n) is 4.83. The lowest BCUT2D eigenvalue weighted by Crippen LogP contribution is -2.40. The van der Waals surface area contributed by atoms with Gasteiger partial charge in [-0.2, -0.15) is 5.26 Å². The highest BCUT2D eigenvalue weighted by Gasteiger charge is 2.30. The van der Waals surface area contributed by atoms with Crippen molar-refractivity contribution in [2.45, 2.75) is 12.5 Å². The second-order valence-corrected chi connectivity index (χ2v) is 7.57. The van der Waals surface area contributed by atoms with Crippen LogP contribution in [0.5, 0.6) is 0 Å². The molecule has 27 heavy (non-hydrogen) atoms. The highest BCUT2D eigenvalue weighted by Crippen LogP contribution is 2.37. The van der Waals surface area contributed by atoms with Gasteiger partial charge in [0.15, 0.2) is 0 Å². The van der Waals surface area contributed by atoms with Gasteiger partial charge in [0.05, 0.1) is 24.2 Å². The lowest BCUT2D eigenvalue weighted by Gasteiger charge is -2.35. The minimum absolute atomic E-state index is 0.0423. The molecule has 5 heteroatoms. The summed E-state index contributed by atoms with van der Waals surface area (Å²) in [4.78, 5) is 16.3. The monoisotopic (exact) mass is 373 g/mol. The summed E-state index contributed by atoms with van der Waals surface area (Å²) < 4.78 is 0. The number of amides is 1. The number of hydrogen-bond donors (Lipinski definition) is 1. The summed E-state index contributed by atoms with van der Waals surface area (Å²) in [7, 11) is 0. The average molecular weight is 373 g/mol. The first kappa shape index (κ1) is 17.5. The molecule has 1 atom stereocenters. The first-order chi connectivity index (χ1) is 13.2. The van der Waals surface area contributed by atoms with Crippen LogP contribution in [0.4, 0.5) is 5.69 Å². The van der Waals surface area contributed by atoms with Crippen molar-refractivity contribution in [3.8, 4) is 6.07 Å². The number of nitriles is 1. The van der Waals surface area contributed by atoms with E-state index in [-0.39, 0.29) is 11.9 Å². The van der Waals surface area contributed by atoms with Crippen molar-refractivity contribution in [2.24, 2.45) is 0 Å². The van der Waals surface area contributed by atoms with E-state index in [0.29, 0.717) is 17.8 Å². The molecule has 1 aliphatic rings. The summed E-state index contributed by atoms with van der Waals surface area (Å²) in [5.41, 5.74) is 3.81. The van der Waals surface area contributed by atoms with Crippen LogP contribution in [0.2, 0.25) is 0 Å². The molecular weight excluding hydrogens is 354 g/mol. The molecular formula is C22H19N3OS. The van der Waals surface area contributed by atoms with E-state index in [1.807, 2.05) is 18.2 Å². The Kier molecular flexibility index (Phi) is 5.01. The van der Waals surface area contributed by atoms with Crippen LogP contribution in [0.1, 0.15) is 27.6 Å². The molecule has 1 aromatic heterocycles. The molecule has 1 amide bonds. The lowest BCUT2D eigenvalue weighted by atomic mass is 9.93. The molecule has 0 saturated heterocycles. The van der Waals surface area contributed by atoms with E-state index in [2.05, 4.69) is 39.9 Å². The predicted octanol–water partition coefficient (Wildman–Crippen LogP) is 4.21. The number of carbonyl (C=O) groups excluding carboxylic acids is 1. The maximum Gasteiger partial charge on any atom is 0.238 e. The fourth-order valence-corrected chi connectivity index (χ4v) is 4.48. The molecule has 2 aromatic carbocycles. The fraction of sp³-hybridized carbons (Fsp3) is 0.182. The third kappa shape index (κ3) is 3.77. The zero-order valence-corrected chi connectivity index (χ0v) is 15.6. The van der Waals surface area contributed by atoms with Gasteiger partial charge in [-0.25, -0.2) is 0 Å². The maximum absolute atomic E-state index is 12.6. The van der Waals surface area contributed by atoms with Gasteiger partial charge in [-0.1, -0.05) is 30.3 Å². The van der Waals surface area contributed by atoms with E-state index < -0.39 is 0 Å². The number of nitrogens with zero attached hydrogens (tertiary/aromatic N) is 2. The summed E-state index contributed by atoms with van der Waals surface area (Å²) >= 11 is 1.80. The van der Waals surface area contributed by atoms with Gasteiger partial charge in [0.25, 0.3) is 0 Å². The third-order valence-corrected chi connectivity index (χ3v) is 5.82. The van der Waals surface area contributed by atoms with Gasteiger partial charge < -0.3 is 5.32 Å². The number of nitrogens with one attached hydrogen (secondary N) is 1. The number of rotatable bonds is 4. The quantitative estimate of drug-likeness (QED) is 0.745. The molecule has 0 fully saturated rings. The van der Waals surface area contributed by atoms with E-state index in [1.165, 1.54) is 16.0 Å². The first-order valence-electron chi connectivity index (χ1n) is 8.90. The van der Waals surface area contributed by atoms with Gasteiger partial charge in [0.1, 0.15) is 0 Å². The molecule has 2 heterocycles. The van der Waals surface area contributed by atoms with Crippen LogP contribution >= 0.6 is 11.3 Å². The van der Waals surface area contributed by atoms with Crippen LogP contribution in [-0.2, 0) is 11.2 Å². The summed E-state index contributed by atoms with van der Waals surface area (Å²) in [6.07, 6.45) is 0.973. The highest BCUT2D eigenvalue weighted by atomic mass is 32.1. The summed E-state index contributed by atoms with van der Waals surface area (Å²) in [6, 6.07) is 21.7. The molecule has 0 bridgehead atoms. The molecule has 0 unspecified atom stereocenters. The SMILES string of the molecule is N#Cc1ccc(NC(=O)CN2CCc3sccc3[C@@H]2c2ccccc2)cc1. The topological polar surface area (TPSA) is 56.1 Å². The molecule has 0 saturated carbocycles. The first-order valence-corrected chi connectivity index (χ1v) is 9.78. The van der Waals surface area contributed by atoms with Crippen LogP contribution in [0.3, 0.4) is 0 Å². The van der Waals surface area contributed by atoms with Crippen molar-refractivity contribution in [3.05, 3.63) is 87.6 Å². The van der Waals surface area contributed by atoms with Crippen LogP contribution in [0, 0.1) is 11.3 Å². The second kappa shape index (κ2) is 7.75. The predicted molar refractivity (Wildman–Crippen MR) is 108 cm³/mol. The Morgan fingerprint density at radius 2 is 1.93 bits per heavy atom. The summed E-state index contributed by atoms with van der Waals surface area (Å²) in [6.45, 7) is 1.18. The van der Waals surface area contributed by atoms with Gasteiger partial charge in [-0.3, -0.25) is 9.69 Å². The Bertz CT molecular complexity index is 973. The van der Waals surface area contributed by atoms with Crippen LogP contribution < -0.4 is 5.32 Å². The van der Waals surface area contributed by atoms with Crippen molar-refractivity contribution in [3.63, 3.8) is 0 Å². The van der Waals surface area contributed by atoms with Crippen molar-refractivity contribution in [1.29, 1.82) is 5.26 Å². The Labute approximate surface area is 162 Å². The van der Waals surface area contributed by atoms with E-state index in [0.717, 1.165) is 13.0 Å². The van der Waals surface area contributed by atoms with E-state index in [9.17, 15) is 4.79 Å². The largest absolute Gasteiger partial charge is 0.325 e. The molecule has 134 valence electrons. The van der Waals surface area contributed by atoms with Crippen molar-refractivity contribution >= 4 is 22.9 Å². The smallest absolute Gasteiger partial charge is 0.238 e. The average Bonchev–Trinajstić information content (AvgIpc) is 3.18. The lowest BCUT2D eigenvalue weighted by molar-refractivity contribution is -0.117. The minimum Gasteiger partial charge on any atom is -0.325 e. The summed E-state index contributed by atoms with van der Waals surface area (Å²) in [5, 5.41) is 14.0. The molecule has 1 aliphatic heterocycles. The van der Waals surface area contributed by atoms with Crippen molar-refractivity contribution < 1.29 is 4.79 Å². The Morgan fingerprint density at radius 1 is 1.15 bits per heavy atom. The molecule has 4 rings (SSSR count). The molecule has 3 aromatic rings.